The average molecular weight is 298 g/mol. The third-order valence-corrected chi connectivity index (χ3v) is 3.86. The average Bonchev–Trinajstić information content (AvgIpc) is 2.37. The van der Waals surface area contributed by atoms with E-state index in [0.717, 1.165) is 12.8 Å². The summed E-state index contributed by atoms with van der Waals surface area (Å²) in [6, 6.07) is 0. The van der Waals surface area contributed by atoms with Crippen LogP contribution < -0.4 is 0 Å². The van der Waals surface area contributed by atoms with Gasteiger partial charge in [-0.05, 0) is 40.5 Å². The van der Waals surface area contributed by atoms with Crippen LogP contribution in [0.3, 0.4) is 0 Å². The molecule has 0 saturated heterocycles. The minimum absolute atomic E-state index is 0.189. The Morgan fingerprint density at radius 1 is 1.29 bits per heavy atom. The second-order valence-corrected chi connectivity index (χ2v) is 6.58. The first kappa shape index (κ1) is 17.7. The quantitative estimate of drug-likeness (QED) is 0.589. The van der Waals surface area contributed by atoms with Crippen molar-refractivity contribution >= 4 is 17.7 Å². The van der Waals surface area contributed by atoms with Gasteiger partial charge in [-0.2, -0.15) is 0 Å². The van der Waals surface area contributed by atoms with Crippen molar-refractivity contribution in [1.82, 2.24) is 0 Å². The summed E-state index contributed by atoms with van der Waals surface area (Å²) in [7, 11) is 0. The van der Waals surface area contributed by atoms with E-state index in [1.165, 1.54) is 0 Å². The number of hydrogen-bond donors (Lipinski definition) is 0. The Kier molecular flexibility index (Phi) is 5.54. The van der Waals surface area contributed by atoms with Gasteiger partial charge in [-0.3, -0.25) is 14.4 Å². The summed E-state index contributed by atoms with van der Waals surface area (Å²) in [4.78, 5) is 37.2. The number of ketones is 1. The minimum atomic E-state index is -1.38. The number of ether oxygens (including phenoxy) is 2. The van der Waals surface area contributed by atoms with Crippen LogP contribution in [-0.4, -0.2) is 29.9 Å². The molecule has 1 rings (SSSR count). The molecule has 21 heavy (non-hydrogen) atoms. The maximum Gasteiger partial charge on any atom is 0.320 e. The fourth-order valence-corrected chi connectivity index (χ4v) is 2.75. The second kappa shape index (κ2) is 6.58. The predicted octanol–water partition coefficient (Wildman–Crippen LogP) is 2.66. The molecule has 120 valence electrons. The van der Waals surface area contributed by atoms with Crippen LogP contribution in [0.15, 0.2) is 0 Å². The maximum absolute atomic E-state index is 12.4. The van der Waals surface area contributed by atoms with E-state index in [1.54, 1.807) is 34.6 Å². The summed E-state index contributed by atoms with van der Waals surface area (Å²) in [5, 5.41) is 0. The first-order valence-electron chi connectivity index (χ1n) is 7.58. The lowest BCUT2D eigenvalue weighted by atomic mass is 9.65. The van der Waals surface area contributed by atoms with E-state index in [4.69, 9.17) is 9.47 Å². The van der Waals surface area contributed by atoms with Crippen molar-refractivity contribution in [2.45, 2.75) is 65.9 Å². The van der Waals surface area contributed by atoms with Crippen LogP contribution in [0.4, 0.5) is 0 Å². The molecule has 5 nitrogen and oxygen atoms in total. The van der Waals surface area contributed by atoms with E-state index in [2.05, 4.69) is 0 Å². The van der Waals surface area contributed by atoms with Crippen LogP contribution in [0.1, 0.15) is 60.3 Å². The zero-order valence-corrected chi connectivity index (χ0v) is 13.7. The van der Waals surface area contributed by atoms with Crippen molar-refractivity contribution < 1.29 is 23.9 Å². The number of hydrogen-bond acceptors (Lipinski definition) is 5. The lowest BCUT2D eigenvalue weighted by Crippen LogP contribution is -2.51. The normalized spacial score (nSPS) is 24.3. The van der Waals surface area contributed by atoms with E-state index < -0.39 is 28.9 Å². The lowest BCUT2D eigenvalue weighted by molar-refractivity contribution is -0.179. The summed E-state index contributed by atoms with van der Waals surface area (Å²) in [5.41, 5.74) is -2.03. The Labute approximate surface area is 126 Å². The highest BCUT2D eigenvalue weighted by Crippen LogP contribution is 2.42. The predicted molar refractivity (Wildman–Crippen MR) is 77.6 cm³/mol. The molecule has 2 unspecified atom stereocenters. The highest BCUT2D eigenvalue weighted by atomic mass is 16.6. The molecule has 0 aromatic carbocycles. The number of carbonyl (C=O) groups is 3. The van der Waals surface area contributed by atoms with Crippen molar-refractivity contribution in [3.63, 3.8) is 0 Å². The van der Waals surface area contributed by atoms with Crippen LogP contribution in [0.25, 0.3) is 0 Å². The topological polar surface area (TPSA) is 69.7 Å². The summed E-state index contributed by atoms with van der Waals surface area (Å²) < 4.78 is 10.4. The van der Waals surface area contributed by atoms with Crippen molar-refractivity contribution in [3.05, 3.63) is 0 Å². The van der Waals surface area contributed by atoms with E-state index in [1.807, 2.05) is 0 Å². The second-order valence-electron chi connectivity index (χ2n) is 6.58. The Morgan fingerprint density at radius 3 is 2.38 bits per heavy atom. The number of carbonyl (C=O) groups excluding carboxylic acids is 3. The van der Waals surface area contributed by atoms with E-state index >= 15 is 0 Å². The van der Waals surface area contributed by atoms with Crippen LogP contribution in [0.2, 0.25) is 0 Å². The van der Waals surface area contributed by atoms with Gasteiger partial charge < -0.3 is 9.47 Å². The third kappa shape index (κ3) is 3.83. The van der Waals surface area contributed by atoms with Gasteiger partial charge in [0.05, 0.1) is 12.5 Å². The molecule has 0 aromatic rings. The zero-order chi connectivity index (χ0) is 16.3. The Balaban J connectivity index is 3.09. The van der Waals surface area contributed by atoms with Gasteiger partial charge in [-0.25, -0.2) is 0 Å². The molecule has 0 N–H and O–H groups in total. The fraction of sp³-hybridized carbons (Fsp3) is 0.812. The fourth-order valence-electron chi connectivity index (χ4n) is 2.75. The molecule has 0 aromatic heterocycles. The first-order valence-corrected chi connectivity index (χ1v) is 7.58. The third-order valence-electron chi connectivity index (χ3n) is 3.86. The summed E-state index contributed by atoms with van der Waals surface area (Å²) in [5.74, 6) is -2.15. The number of rotatable bonds is 4. The SMILES string of the molecule is CCOC(=O)C1(C(C)C(=O)OC(C)(C)C)CCCCC1=O. The first-order chi connectivity index (χ1) is 9.65. The molecule has 0 bridgehead atoms. The van der Waals surface area contributed by atoms with Gasteiger partial charge in [0.15, 0.2) is 5.78 Å². The van der Waals surface area contributed by atoms with Crippen molar-refractivity contribution in [2.24, 2.45) is 11.3 Å². The van der Waals surface area contributed by atoms with Crippen LogP contribution in [0, 0.1) is 11.3 Å². The molecule has 2 atom stereocenters. The smallest absolute Gasteiger partial charge is 0.320 e. The lowest BCUT2D eigenvalue weighted by Gasteiger charge is -2.37. The van der Waals surface area contributed by atoms with Crippen molar-refractivity contribution in [1.29, 1.82) is 0 Å². The van der Waals surface area contributed by atoms with E-state index in [0.29, 0.717) is 12.8 Å². The molecular formula is C16H26O5. The molecule has 1 aliphatic rings. The Hall–Kier alpha value is -1.39. The maximum atomic E-state index is 12.4. The summed E-state index contributed by atoms with van der Waals surface area (Å²) >= 11 is 0. The minimum Gasteiger partial charge on any atom is -0.465 e. The van der Waals surface area contributed by atoms with Gasteiger partial charge in [0.25, 0.3) is 0 Å². The van der Waals surface area contributed by atoms with Crippen LogP contribution in [-0.2, 0) is 23.9 Å². The van der Waals surface area contributed by atoms with Gasteiger partial charge in [-0.1, -0.05) is 13.3 Å². The molecule has 0 heterocycles. The molecule has 5 heteroatoms. The van der Waals surface area contributed by atoms with Crippen molar-refractivity contribution in [2.75, 3.05) is 6.61 Å². The molecule has 1 fully saturated rings. The molecule has 0 radical (unpaired) electrons. The summed E-state index contributed by atoms with van der Waals surface area (Å²) in [6.07, 6.45) is 2.15. The standard InChI is InChI=1S/C16H26O5/c1-6-20-14(19)16(10-8-7-9-12(16)17)11(2)13(18)21-15(3,4)5/h11H,6-10H2,1-5H3. The van der Waals surface area contributed by atoms with Crippen LogP contribution in [0.5, 0.6) is 0 Å². The Bertz CT molecular complexity index is 421. The zero-order valence-electron chi connectivity index (χ0n) is 13.7. The van der Waals surface area contributed by atoms with Gasteiger partial charge in [0.2, 0.25) is 0 Å². The largest absolute Gasteiger partial charge is 0.465 e. The van der Waals surface area contributed by atoms with Crippen molar-refractivity contribution in [3.8, 4) is 0 Å². The molecule has 1 aliphatic carbocycles. The molecule has 0 amide bonds. The highest BCUT2D eigenvalue weighted by Gasteiger charge is 2.55. The van der Waals surface area contributed by atoms with Gasteiger partial charge in [-0.15, -0.1) is 0 Å². The van der Waals surface area contributed by atoms with Gasteiger partial charge in [0, 0.05) is 6.42 Å². The number of esters is 2. The monoisotopic (exact) mass is 298 g/mol. The van der Waals surface area contributed by atoms with Gasteiger partial charge >= 0.3 is 11.9 Å². The highest BCUT2D eigenvalue weighted by molar-refractivity contribution is 6.07. The van der Waals surface area contributed by atoms with E-state index in [-0.39, 0.29) is 12.4 Å². The number of Topliss-reactive ketones (excluding diaryl/α,β-unsaturated/α-hetero) is 1. The van der Waals surface area contributed by atoms with Crippen LogP contribution >= 0.6 is 0 Å². The van der Waals surface area contributed by atoms with Gasteiger partial charge in [0.1, 0.15) is 11.0 Å². The molecule has 0 aliphatic heterocycles. The summed E-state index contributed by atoms with van der Waals surface area (Å²) in [6.45, 7) is 8.76. The Morgan fingerprint density at radius 2 is 1.90 bits per heavy atom. The molecule has 0 spiro atoms. The molecular weight excluding hydrogens is 272 g/mol. The van der Waals surface area contributed by atoms with E-state index in [9.17, 15) is 14.4 Å². The molecule has 1 saturated carbocycles.